The van der Waals surface area contributed by atoms with Crippen molar-refractivity contribution in [2.45, 2.75) is 24.4 Å². The van der Waals surface area contributed by atoms with E-state index in [1.165, 1.54) is 6.07 Å². The van der Waals surface area contributed by atoms with Crippen LogP contribution in [0, 0.1) is 5.82 Å². The van der Waals surface area contributed by atoms with Gasteiger partial charge in [-0.3, -0.25) is 14.8 Å². The van der Waals surface area contributed by atoms with Crippen LogP contribution in [-0.2, 0) is 14.9 Å². The van der Waals surface area contributed by atoms with Crippen molar-refractivity contribution in [1.82, 2.24) is 14.9 Å². The van der Waals surface area contributed by atoms with Crippen LogP contribution in [0.25, 0.3) is 0 Å². The maximum Gasteiger partial charge on any atom is 0.233 e. The Bertz CT molecular complexity index is 749. The Labute approximate surface area is 139 Å². The number of rotatable bonds is 3. The van der Waals surface area contributed by atoms with Crippen LogP contribution in [-0.4, -0.2) is 40.5 Å². The van der Waals surface area contributed by atoms with Gasteiger partial charge in [0.05, 0.1) is 30.5 Å². The number of carbonyl (C=O) groups excluding carboxylic acids is 1. The van der Waals surface area contributed by atoms with Gasteiger partial charge in [0, 0.05) is 24.5 Å². The third-order valence-corrected chi connectivity index (χ3v) is 4.82. The minimum Gasteiger partial charge on any atom is -0.368 e. The lowest BCUT2D eigenvalue weighted by molar-refractivity contribution is -0.142. The Morgan fingerprint density at radius 3 is 2.83 bits per heavy atom. The van der Waals surface area contributed by atoms with E-state index in [0.717, 1.165) is 0 Å². The zero-order chi connectivity index (χ0) is 16.6. The van der Waals surface area contributed by atoms with Gasteiger partial charge >= 0.3 is 0 Å². The molecule has 6 heteroatoms. The zero-order valence-corrected chi connectivity index (χ0v) is 13.2. The first-order valence-electron chi connectivity index (χ1n) is 8.13. The first-order valence-corrected chi connectivity index (χ1v) is 8.13. The Morgan fingerprint density at radius 2 is 2.12 bits per heavy atom. The molecule has 1 saturated heterocycles. The van der Waals surface area contributed by atoms with Crippen molar-refractivity contribution in [3.05, 3.63) is 59.9 Å². The molecule has 2 aliphatic rings. The first-order chi connectivity index (χ1) is 11.7. The molecule has 5 nitrogen and oxygen atoms in total. The summed E-state index contributed by atoms with van der Waals surface area (Å²) in [6.07, 6.45) is 5.98. The fourth-order valence-corrected chi connectivity index (χ4v) is 3.36. The molecule has 1 saturated carbocycles. The Balaban J connectivity index is 1.55. The molecule has 1 atom stereocenters. The SMILES string of the molecule is O=C(N1CCOC(c2cnccn2)C1)C1(c2ccccc2F)CC1. The van der Waals surface area contributed by atoms with E-state index in [-0.39, 0.29) is 17.8 Å². The van der Waals surface area contributed by atoms with Crippen LogP contribution in [0.4, 0.5) is 4.39 Å². The van der Waals surface area contributed by atoms with Gasteiger partial charge in [0.15, 0.2) is 0 Å². The fourth-order valence-electron chi connectivity index (χ4n) is 3.36. The standard InChI is InChI=1S/C18H18FN3O2/c19-14-4-2-1-3-13(14)18(5-6-18)17(23)22-9-10-24-16(12-22)15-11-20-7-8-21-15/h1-4,7-8,11,16H,5-6,9-10,12H2. The average Bonchev–Trinajstić information content (AvgIpc) is 3.44. The predicted octanol–water partition coefficient (Wildman–Crippen LogP) is 2.25. The topological polar surface area (TPSA) is 55.3 Å². The third-order valence-electron chi connectivity index (χ3n) is 4.82. The molecule has 2 aromatic rings. The van der Waals surface area contributed by atoms with Crippen molar-refractivity contribution in [3.63, 3.8) is 0 Å². The van der Waals surface area contributed by atoms with Gasteiger partial charge in [0.2, 0.25) is 5.91 Å². The van der Waals surface area contributed by atoms with Gasteiger partial charge in [-0.1, -0.05) is 18.2 Å². The Morgan fingerprint density at radius 1 is 1.29 bits per heavy atom. The number of hydrogen-bond acceptors (Lipinski definition) is 4. The van der Waals surface area contributed by atoms with E-state index in [9.17, 15) is 9.18 Å². The van der Waals surface area contributed by atoms with Gasteiger partial charge in [0.25, 0.3) is 0 Å². The van der Waals surface area contributed by atoms with Crippen molar-refractivity contribution in [1.29, 1.82) is 0 Å². The summed E-state index contributed by atoms with van der Waals surface area (Å²) in [7, 11) is 0. The van der Waals surface area contributed by atoms with Crippen LogP contribution < -0.4 is 0 Å². The van der Waals surface area contributed by atoms with E-state index in [4.69, 9.17) is 4.74 Å². The molecule has 1 unspecified atom stereocenters. The quantitative estimate of drug-likeness (QED) is 0.868. The highest BCUT2D eigenvalue weighted by atomic mass is 19.1. The summed E-state index contributed by atoms with van der Waals surface area (Å²) in [5, 5.41) is 0. The van der Waals surface area contributed by atoms with Crippen molar-refractivity contribution in [2.24, 2.45) is 0 Å². The summed E-state index contributed by atoms with van der Waals surface area (Å²) in [5.74, 6) is -0.313. The number of carbonyl (C=O) groups is 1. The molecule has 124 valence electrons. The lowest BCUT2D eigenvalue weighted by Gasteiger charge is -2.35. The maximum absolute atomic E-state index is 14.2. The molecule has 24 heavy (non-hydrogen) atoms. The van der Waals surface area contributed by atoms with Gasteiger partial charge in [-0.15, -0.1) is 0 Å². The van der Waals surface area contributed by atoms with Crippen LogP contribution in [0.5, 0.6) is 0 Å². The lowest BCUT2D eigenvalue weighted by atomic mass is 9.93. The predicted molar refractivity (Wildman–Crippen MR) is 84.6 cm³/mol. The highest BCUT2D eigenvalue weighted by Gasteiger charge is 2.54. The zero-order valence-electron chi connectivity index (χ0n) is 13.2. The summed E-state index contributed by atoms with van der Waals surface area (Å²) in [4.78, 5) is 23.2. The molecule has 1 amide bonds. The summed E-state index contributed by atoms with van der Waals surface area (Å²) in [5.41, 5.74) is 0.526. The second-order valence-corrected chi connectivity index (χ2v) is 6.30. The van der Waals surface area contributed by atoms with Crippen LogP contribution in [0.2, 0.25) is 0 Å². The molecule has 0 bridgehead atoms. The summed E-state index contributed by atoms with van der Waals surface area (Å²) < 4.78 is 19.9. The Kier molecular flexibility index (Phi) is 3.76. The molecule has 0 N–H and O–H groups in total. The van der Waals surface area contributed by atoms with Gasteiger partial charge in [0.1, 0.15) is 11.9 Å². The number of aromatic nitrogens is 2. The normalized spacial score (nSPS) is 22.2. The second kappa shape index (κ2) is 5.94. The van der Waals surface area contributed by atoms with Crippen LogP contribution >= 0.6 is 0 Å². The molecule has 2 heterocycles. The molecular formula is C18H18FN3O2. The van der Waals surface area contributed by atoms with Crippen LogP contribution in [0.1, 0.15) is 30.2 Å². The highest BCUT2D eigenvalue weighted by molar-refractivity contribution is 5.91. The van der Waals surface area contributed by atoms with E-state index in [1.54, 1.807) is 41.7 Å². The van der Waals surface area contributed by atoms with Crippen molar-refractivity contribution in [3.8, 4) is 0 Å². The van der Waals surface area contributed by atoms with E-state index in [2.05, 4.69) is 9.97 Å². The van der Waals surface area contributed by atoms with Crippen molar-refractivity contribution >= 4 is 5.91 Å². The van der Waals surface area contributed by atoms with Crippen molar-refractivity contribution < 1.29 is 13.9 Å². The summed E-state index contributed by atoms with van der Waals surface area (Å²) >= 11 is 0. The second-order valence-electron chi connectivity index (χ2n) is 6.30. The van der Waals surface area contributed by atoms with Gasteiger partial charge in [-0.2, -0.15) is 0 Å². The van der Waals surface area contributed by atoms with E-state index >= 15 is 0 Å². The van der Waals surface area contributed by atoms with Gasteiger partial charge < -0.3 is 9.64 Å². The minimum atomic E-state index is -0.699. The van der Waals surface area contributed by atoms with Crippen LogP contribution in [0.15, 0.2) is 42.9 Å². The lowest BCUT2D eigenvalue weighted by Crippen LogP contribution is -2.47. The Hall–Kier alpha value is -2.34. The fraction of sp³-hybridized carbons (Fsp3) is 0.389. The third kappa shape index (κ3) is 2.57. The highest BCUT2D eigenvalue weighted by Crippen LogP contribution is 2.50. The first kappa shape index (κ1) is 15.2. The number of nitrogens with zero attached hydrogens (tertiary/aromatic N) is 3. The average molecular weight is 327 g/mol. The number of benzene rings is 1. The molecule has 1 aliphatic carbocycles. The van der Waals surface area contributed by atoms with Crippen LogP contribution in [0.3, 0.4) is 0 Å². The molecule has 4 rings (SSSR count). The number of morpholine rings is 1. The molecule has 1 aliphatic heterocycles. The molecule has 1 aromatic carbocycles. The van der Waals surface area contributed by atoms with E-state index < -0.39 is 5.41 Å². The molecule has 0 radical (unpaired) electrons. The number of halogens is 1. The smallest absolute Gasteiger partial charge is 0.233 e. The summed E-state index contributed by atoms with van der Waals surface area (Å²) in [6.45, 7) is 1.39. The molecular weight excluding hydrogens is 309 g/mol. The maximum atomic E-state index is 14.2. The monoisotopic (exact) mass is 327 g/mol. The van der Waals surface area contributed by atoms with E-state index in [0.29, 0.717) is 43.8 Å². The van der Waals surface area contributed by atoms with Gasteiger partial charge in [-0.25, -0.2) is 4.39 Å². The minimum absolute atomic E-state index is 0.00945. The summed E-state index contributed by atoms with van der Waals surface area (Å²) in [6, 6.07) is 6.58. The van der Waals surface area contributed by atoms with Gasteiger partial charge in [-0.05, 0) is 18.9 Å². The van der Waals surface area contributed by atoms with Crippen molar-refractivity contribution in [2.75, 3.05) is 19.7 Å². The number of ether oxygens (including phenoxy) is 1. The number of hydrogen-bond donors (Lipinski definition) is 0. The molecule has 1 aromatic heterocycles. The number of amides is 1. The largest absolute Gasteiger partial charge is 0.368 e. The molecule has 2 fully saturated rings. The molecule has 0 spiro atoms. The van der Waals surface area contributed by atoms with E-state index in [1.807, 2.05) is 0 Å².